The molecule has 1 rings (SSSR count). The van der Waals surface area contributed by atoms with Gasteiger partial charge in [-0.25, -0.2) is 4.39 Å². The lowest BCUT2D eigenvalue weighted by Crippen LogP contribution is -2.21. The zero-order valence-corrected chi connectivity index (χ0v) is 7.30. The van der Waals surface area contributed by atoms with Crippen molar-refractivity contribution in [3.05, 3.63) is 29.6 Å². The molecule has 0 atom stereocenters. The predicted octanol–water partition coefficient (Wildman–Crippen LogP) is 1.03. The van der Waals surface area contributed by atoms with Gasteiger partial charge < -0.3 is 11.1 Å². The molecular formula is C9H11FN2O. The van der Waals surface area contributed by atoms with E-state index in [1.807, 2.05) is 0 Å². The average molecular weight is 182 g/mol. The molecule has 0 fully saturated rings. The largest absolute Gasteiger partial charge is 0.376 e. The number of halogens is 1. The van der Waals surface area contributed by atoms with E-state index in [-0.39, 0.29) is 12.4 Å². The Balaban J connectivity index is 2.71. The molecule has 0 heterocycles. The molecule has 0 aliphatic heterocycles. The van der Waals surface area contributed by atoms with Crippen molar-refractivity contribution in [2.75, 3.05) is 11.9 Å². The number of carbonyl (C=O) groups is 1. The van der Waals surface area contributed by atoms with Crippen LogP contribution in [-0.2, 0) is 4.79 Å². The van der Waals surface area contributed by atoms with Gasteiger partial charge in [0.1, 0.15) is 5.82 Å². The van der Waals surface area contributed by atoms with E-state index in [9.17, 15) is 9.18 Å². The van der Waals surface area contributed by atoms with E-state index in [0.29, 0.717) is 5.69 Å². The third kappa shape index (κ3) is 3.11. The van der Waals surface area contributed by atoms with Crippen molar-refractivity contribution in [1.82, 2.24) is 0 Å². The summed E-state index contributed by atoms with van der Waals surface area (Å²) >= 11 is 0. The summed E-state index contributed by atoms with van der Waals surface area (Å²) in [6.07, 6.45) is 0. The molecule has 0 aliphatic rings. The topological polar surface area (TPSA) is 55.1 Å². The van der Waals surface area contributed by atoms with E-state index in [1.54, 1.807) is 13.0 Å². The predicted molar refractivity (Wildman–Crippen MR) is 48.8 cm³/mol. The number of hydrogen-bond donors (Lipinski definition) is 2. The monoisotopic (exact) mass is 182 g/mol. The lowest BCUT2D eigenvalue weighted by atomic mass is 10.2. The number of amides is 1. The van der Waals surface area contributed by atoms with E-state index in [0.717, 1.165) is 5.56 Å². The molecule has 0 bridgehead atoms. The van der Waals surface area contributed by atoms with Crippen LogP contribution in [-0.4, -0.2) is 12.5 Å². The molecule has 1 aromatic carbocycles. The number of nitrogens with one attached hydrogen (secondary N) is 1. The lowest BCUT2D eigenvalue weighted by Gasteiger charge is -2.04. The van der Waals surface area contributed by atoms with Gasteiger partial charge in [0.2, 0.25) is 5.91 Å². The normalized spacial score (nSPS) is 9.69. The summed E-state index contributed by atoms with van der Waals surface area (Å²) in [5, 5.41) is 2.71. The first-order valence-corrected chi connectivity index (χ1v) is 3.87. The molecular weight excluding hydrogens is 171 g/mol. The first-order chi connectivity index (χ1) is 6.08. The molecule has 1 aromatic rings. The summed E-state index contributed by atoms with van der Waals surface area (Å²) in [5.74, 6) is -0.797. The molecule has 0 saturated carbocycles. The Bertz CT molecular complexity index is 305. The molecule has 0 radical (unpaired) electrons. The Hall–Kier alpha value is -1.58. The van der Waals surface area contributed by atoms with Crippen LogP contribution in [0.25, 0.3) is 0 Å². The summed E-state index contributed by atoms with van der Waals surface area (Å²) in [5.41, 5.74) is 6.29. The van der Waals surface area contributed by atoms with Crippen molar-refractivity contribution in [1.29, 1.82) is 0 Å². The molecule has 70 valence electrons. The van der Waals surface area contributed by atoms with Crippen molar-refractivity contribution >= 4 is 11.6 Å². The maximum atomic E-state index is 12.8. The van der Waals surface area contributed by atoms with Crippen LogP contribution < -0.4 is 11.1 Å². The summed E-state index contributed by atoms with van der Waals surface area (Å²) < 4.78 is 12.8. The number of primary amides is 1. The van der Waals surface area contributed by atoms with E-state index in [4.69, 9.17) is 5.73 Å². The molecule has 1 amide bonds. The van der Waals surface area contributed by atoms with Crippen LogP contribution in [0.4, 0.5) is 10.1 Å². The van der Waals surface area contributed by atoms with Gasteiger partial charge in [-0.1, -0.05) is 0 Å². The van der Waals surface area contributed by atoms with Gasteiger partial charge in [0, 0.05) is 5.69 Å². The van der Waals surface area contributed by atoms with E-state index >= 15 is 0 Å². The van der Waals surface area contributed by atoms with Gasteiger partial charge in [0.25, 0.3) is 0 Å². The van der Waals surface area contributed by atoms with Gasteiger partial charge in [-0.2, -0.15) is 0 Å². The second-order valence-corrected chi connectivity index (χ2v) is 2.84. The smallest absolute Gasteiger partial charge is 0.236 e. The van der Waals surface area contributed by atoms with E-state index < -0.39 is 5.91 Å². The highest BCUT2D eigenvalue weighted by atomic mass is 19.1. The van der Waals surface area contributed by atoms with Crippen molar-refractivity contribution in [2.45, 2.75) is 6.92 Å². The maximum Gasteiger partial charge on any atom is 0.236 e. The zero-order chi connectivity index (χ0) is 9.84. The third-order valence-electron chi connectivity index (χ3n) is 1.51. The number of rotatable bonds is 3. The number of hydrogen-bond acceptors (Lipinski definition) is 2. The van der Waals surface area contributed by atoms with Crippen LogP contribution >= 0.6 is 0 Å². The van der Waals surface area contributed by atoms with E-state index in [2.05, 4.69) is 5.32 Å². The summed E-state index contributed by atoms with van der Waals surface area (Å²) in [7, 11) is 0. The minimum Gasteiger partial charge on any atom is -0.376 e. The van der Waals surface area contributed by atoms with Crippen LogP contribution in [0.1, 0.15) is 5.56 Å². The molecule has 13 heavy (non-hydrogen) atoms. The Morgan fingerprint density at radius 3 is 2.77 bits per heavy atom. The van der Waals surface area contributed by atoms with Gasteiger partial charge in [-0.15, -0.1) is 0 Å². The number of anilines is 1. The van der Waals surface area contributed by atoms with E-state index in [1.165, 1.54) is 12.1 Å². The number of carbonyl (C=O) groups excluding carboxylic acids is 1. The fourth-order valence-corrected chi connectivity index (χ4v) is 1.03. The van der Waals surface area contributed by atoms with Crippen LogP contribution in [0, 0.1) is 12.7 Å². The summed E-state index contributed by atoms with van der Waals surface area (Å²) in [4.78, 5) is 10.4. The molecule has 4 heteroatoms. The quantitative estimate of drug-likeness (QED) is 0.733. The van der Waals surface area contributed by atoms with Crippen molar-refractivity contribution < 1.29 is 9.18 Å². The van der Waals surface area contributed by atoms with Gasteiger partial charge in [-0.3, -0.25) is 4.79 Å². The van der Waals surface area contributed by atoms with Crippen molar-refractivity contribution in [2.24, 2.45) is 5.73 Å². The lowest BCUT2D eigenvalue weighted by molar-refractivity contribution is -0.116. The Kier molecular flexibility index (Phi) is 2.84. The summed E-state index contributed by atoms with van der Waals surface area (Å²) in [6, 6.07) is 4.47. The SMILES string of the molecule is Cc1cc(F)cc(NCC(N)=O)c1. The highest BCUT2D eigenvalue weighted by Crippen LogP contribution is 2.12. The average Bonchev–Trinajstić information content (AvgIpc) is 1.99. The second kappa shape index (κ2) is 3.89. The Labute approximate surface area is 75.7 Å². The minimum absolute atomic E-state index is 0.0168. The first kappa shape index (κ1) is 9.51. The van der Waals surface area contributed by atoms with Crippen LogP contribution in [0.5, 0.6) is 0 Å². The Morgan fingerprint density at radius 2 is 2.23 bits per heavy atom. The minimum atomic E-state index is -0.470. The van der Waals surface area contributed by atoms with Gasteiger partial charge in [-0.05, 0) is 30.7 Å². The number of nitrogens with two attached hydrogens (primary N) is 1. The van der Waals surface area contributed by atoms with Gasteiger partial charge in [0.05, 0.1) is 6.54 Å². The second-order valence-electron chi connectivity index (χ2n) is 2.84. The number of aryl methyl sites for hydroxylation is 1. The molecule has 3 N–H and O–H groups in total. The Morgan fingerprint density at radius 1 is 1.54 bits per heavy atom. The van der Waals surface area contributed by atoms with Crippen molar-refractivity contribution in [3.63, 3.8) is 0 Å². The molecule has 0 aliphatic carbocycles. The van der Waals surface area contributed by atoms with Crippen LogP contribution in [0.15, 0.2) is 18.2 Å². The zero-order valence-electron chi connectivity index (χ0n) is 7.30. The molecule has 0 saturated heterocycles. The maximum absolute atomic E-state index is 12.8. The molecule has 0 aromatic heterocycles. The highest BCUT2D eigenvalue weighted by molar-refractivity contribution is 5.78. The number of benzene rings is 1. The first-order valence-electron chi connectivity index (χ1n) is 3.87. The fraction of sp³-hybridized carbons (Fsp3) is 0.222. The molecule has 0 unspecified atom stereocenters. The van der Waals surface area contributed by atoms with Crippen molar-refractivity contribution in [3.8, 4) is 0 Å². The van der Waals surface area contributed by atoms with Gasteiger partial charge in [0.15, 0.2) is 0 Å². The molecule has 3 nitrogen and oxygen atoms in total. The summed E-state index contributed by atoms with van der Waals surface area (Å²) in [6.45, 7) is 1.79. The highest BCUT2D eigenvalue weighted by Gasteiger charge is 1.98. The van der Waals surface area contributed by atoms with Crippen LogP contribution in [0.3, 0.4) is 0 Å². The fourth-order valence-electron chi connectivity index (χ4n) is 1.03. The van der Waals surface area contributed by atoms with Crippen LogP contribution in [0.2, 0.25) is 0 Å². The standard InChI is InChI=1S/C9H11FN2O/c1-6-2-7(10)4-8(3-6)12-5-9(11)13/h2-4,12H,5H2,1H3,(H2,11,13). The third-order valence-corrected chi connectivity index (χ3v) is 1.51. The van der Waals surface area contributed by atoms with Gasteiger partial charge >= 0.3 is 0 Å². The molecule has 0 spiro atoms.